The summed E-state index contributed by atoms with van der Waals surface area (Å²) in [5.41, 5.74) is 1.14. The molecule has 0 amide bonds. The van der Waals surface area contributed by atoms with E-state index < -0.39 is 0 Å². The topological polar surface area (TPSA) is 34.4 Å². The van der Waals surface area contributed by atoms with E-state index in [1.165, 1.54) is 0 Å². The van der Waals surface area contributed by atoms with Gasteiger partial charge in [0.05, 0.1) is 6.26 Å². The lowest BCUT2D eigenvalue weighted by atomic mass is 10.3. The highest BCUT2D eigenvalue weighted by Gasteiger charge is 2.03. The predicted octanol–water partition coefficient (Wildman–Crippen LogP) is 4.01. The van der Waals surface area contributed by atoms with Gasteiger partial charge >= 0.3 is 0 Å². The zero-order valence-corrected chi connectivity index (χ0v) is 11.7. The van der Waals surface area contributed by atoms with Crippen molar-refractivity contribution in [1.82, 2.24) is 5.32 Å². The van der Waals surface area contributed by atoms with Gasteiger partial charge < -0.3 is 14.5 Å². The van der Waals surface area contributed by atoms with E-state index in [0.29, 0.717) is 11.6 Å². The molecule has 2 rings (SSSR count). The van der Waals surface area contributed by atoms with Crippen LogP contribution in [0.4, 0.5) is 0 Å². The fraction of sp³-hybridized carbons (Fsp3) is 0.333. The van der Waals surface area contributed by atoms with Crippen LogP contribution < -0.4 is 10.1 Å². The molecule has 102 valence electrons. The van der Waals surface area contributed by atoms with Gasteiger partial charge in [-0.2, -0.15) is 0 Å². The van der Waals surface area contributed by atoms with Gasteiger partial charge in [0.25, 0.3) is 0 Å². The molecule has 0 aliphatic rings. The Morgan fingerprint density at radius 1 is 1.26 bits per heavy atom. The van der Waals surface area contributed by atoms with Gasteiger partial charge in [-0.15, -0.1) is 0 Å². The van der Waals surface area contributed by atoms with Crippen LogP contribution in [0.3, 0.4) is 0 Å². The zero-order chi connectivity index (χ0) is 13.5. The number of furan rings is 1. The number of nitrogens with one attached hydrogen (secondary N) is 1. The van der Waals surface area contributed by atoms with Crippen LogP contribution in [0.15, 0.2) is 41.0 Å². The number of ether oxygens (including phenoxy) is 1. The van der Waals surface area contributed by atoms with Gasteiger partial charge in [0.1, 0.15) is 18.1 Å². The van der Waals surface area contributed by atoms with Crippen LogP contribution in [0.25, 0.3) is 0 Å². The van der Waals surface area contributed by atoms with Crippen LogP contribution in [0.1, 0.15) is 24.7 Å². The Labute approximate surface area is 118 Å². The van der Waals surface area contributed by atoms with Crippen LogP contribution in [-0.2, 0) is 13.2 Å². The number of hydrogen-bond acceptors (Lipinski definition) is 3. The molecule has 19 heavy (non-hydrogen) atoms. The number of hydrogen-bond donors (Lipinski definition) is 1. The molecule has 0 bridgehead atoms. The first-order chi connectivity index (χ1) is 9.28. The average Bonchev–Trinajstić information content (AvgIpc) is 2.86. The van der Waals surface area contributed by atoms with Crippen LogP contribution >= 0.6 is 11.6 Å². The molecule has 1 heterocycles. The minimum atomic E-state index is 0.426. The monoisotopic (exact) mass is 279 g/mol. The van der Waals surface area contributed by atoms with Crippen molar-refractivity contribution in [3.8, 4) is 5.75 Å². The maximum absolute atomic E-state index is 5.81. The molecule has 2 aromatic rings. The quantitative estimate of drug-likeness (QED) is 0.778. The van der Waals surface area contributed by atoms with Crippen LogP contribution in [-0.4, -0.2) is 6.54 Å². The van der Waals surface area contributed by atoms with Crippen molar-refractivity contribution in [2.24, 2.45) is 0 Å². The standard InChI is InChI=1S/C15H18ClNO2/c1-2-7-17-9-12-8-15(18-10-12)11-19-14-5-3-13(16)4-6-14/h3-6,8,10,17H,2,7,9,11H2,1H3. The van der Waals surface area contributed by atoms with Crippen LogP contribution in [0, 0.1) is 0 Å². The highest BCUT2D eigenvalue weighted by atomic mass is 35.5. The van der Waals surface area contributed by atoms with Crippen molar-refractivity contribution in [1.29, 1.82) is 0 Å². The normalized spacial score (nSPS) is 10.6. The molecule has 0 aliphatic carbocycles. The highest BCUT2D eigenvalue weighted by Crippen LogP contribution is 2.17. The molecule has 1 aromatic carbocycles. The average molecular weight is 280 g/mol. The first-order valence-electron chi connectivity index (χ1n) is 6.43. The SMILES string of the molecule is CCCNCc1coc(COc2ccc(Cl)cc2)c1. The van der Waals surface area contributed by atoms with Gasteiger partial charge in [-0.1, -0.05) is 18.5 Å². The fourth-order valence-corrected chi connectivity index (χ4v) is 1.82. The zero-order valence-electron chi connectivity index (χ0n) is 11.0. The summed E-state index contributed by atoms with van der Waals surface area (Å²) in [6, 6.07) is 9.31. The van der Waals surface area contributed by atoms with Gasteiger partial charge in [-0.3, -0.25) is 0 Å². The van der Waals surface area contributed by atoms with E-state index in [1.54, 1.807) is 18.4 Å². The highest BCUT2D eigenvalue weighted by molar-refractivity contribution is 6.30. The molecule has 0 radical (unpaired) electrons. The number of benzene rings is 1. The van der Waals surface area contributed by atoms with Gasteiger partial charge in [0, 0.05) is 17.1 Å². The van der Waals surface area contributed by atoms with E-state index in [4.69, 9.17) is 20.8 Å². The molecule has 0 unspecified atom stereocenters. The number of rotatable bonds is 7. The minimum absolute atomic E-state index is 0.426. The molecule has 0 spiro atoms. The Balaban J connectivity index is 1.81. The first-order valence-corrected chi connectivity index (χ1v) is 6.81. The smallest absolute Gasteiger partial charge is 0.146 e. The third-order valence-electron chi connectivity index (χ3n) is 2.66. The second-order valence-corrected chi connectivity index (χ2v) is 4.78. The molecular weight excluding hydrogens is 262 g/mol. The summed E-state index contributed by atoms with van der Waals surface area (Å²) in [5.74, 6) is 1.61. The Morgan fingerprint density at radius 2 is 2.05 bits per heavy atom. The summed E-state index contributed by atoms with van der Waals surface area (Å²) >= 11 is 5.81. The third kappa shape index (κ3) is 4.62. The van der Waals surface area contributed by atoms with E-state index in [2.05, 4.69) is 12.2 Å². The maximum Gasteiger partial charge on any atom is 0.146 e. The van der Waals surface area contributed by atoms with Crippen LogP contribution in [0.5, 0.6) is 5.75 Å². The molecule has 0 saturated carbocycles. The van der Waals surface area contributed by atoms with Crippen molar-refractivity contribution < 1.29 is 9.15 Å². The van der Waals surface area contributed by atoms with E-state index in [1.807, 2.05) is 18.2 Å². The van der Waals surface area contributed by atoms with E-state index in [0.717, 1.165) is 36.6 Å². The summed E-state index contributed by atoms with van der Waals surface area (Å²) in [7, 11) is 0. The fourth-order valence-electron chi connectivity index (χ4n) is 1.69. The molecular formula is C15H18ClNO2. The Morgan fingerprint density at radius 3 is 2.79 bits per heavy atom. The molecule has 1 N–H and O–H groups in total. The Bertz CT molecular complexity index is 493. The van der Waals surface area contributed by atoms with E-state index >= 15 is 0 Å². The summed E-state index contributed by atoms with van der Waals surface area (Å²) in [6.45, 7) is 4.42. The molecule has 3 nitrogen and oxygen atoms in total. The van der Waals surface area contributed by atoms with Crippen molar-refractivity contribution in [2.75, 3.05) is 6.54 Å². The van der Waals surface area contributed by atoms with Crippen molar-refractivity contribution in [3.05, 3.63) is 52.9 Å². The predicted molar refractivity (Wildman–Crippen MR) is 76.5 cm³/mol. The van der Waals surface area contributed by atoms with Gasteiger partial charge in [0.15, 0.2) is 0 Å². The molecule has 1 aromatic heterocycles. The van der Waals surface area contributed by atoms with Gasteiger partial charge in [-0.25, -0.2) is 0 Å². The molecule has 4 heteroatoms. The second kappa shape index (κ2) is 7.22. The van der Waals surface area contributed by atoms with E-state index in [-0.39, 0.29) is 0 Å². The third-order valence-corrected chi connectivity index (χ3v) is 2.91. The first kappa shape index (κ1) is 14.0. The largest absolute Gasteiger partial charge is 0.486 e. The lowest BCUT2D eigenvalue weighted by molar-refractivity contribution is 0.270. The molecule has 0 fully saturated rings. The van der Waals surface area contributed by atoms with Gasteiger partial charge in [0.2, 0.25) is 0 Å². The summed E-state index contributed by atoms with van der Waals surface area (Å²) in [4.78, 5) is 0. The second-order valence-electron chi connectivity index (χ2n) is 4.34. The summed E-state index contributed by atoms with van der Waals surface area (Å²) in [5, 5.41) is 4.03. The molecule has 0 atom stereocenters. The Kier molecular flexibility index (Phi) is 5.31. The lowest BCUT2D eigenvalue weighted by Gasteiger charge is -2.03. The van der Waals surface area contributed by atoms with Crippen molar-refractivity contribution in [2.45, 2.75) is 26.5 Å². The number of halogens is 1. The van der Waals surface area contributed by atoms with Crippen LogP contribution in [0.2, 0.25) is 5.02 Å². The van der Waals surface area contributed by atoms with Gasteiger partial charge in [-0.05, 0) is 43.3 Å². The van der Waals surface area contributed by atoms with Crippen molar-refractivity contribution >= 4 is 11.6 Å². The van der Waals surface area contributed by atoms with E-state index in [9.17, 15) is 0 Å². The molecule has 0 aliphatic heterocycles. The van der Waals surface area contributed by atoms with Crippen molar-refractivity contribution in [3.63, 3.8) is 0 Å². The molecule has 0 saturated heterocycles. The Hall–Kier alpha value is -1.45. The summed E-state index contributed by atoms with van der Waals surface area (Å²) < 4.78 is 11.1. The summed E-state index contributed by atoms with van der Waals surface area (Å²) in [6.07, 6.45) is 2.90. The lowest BCUT2D eigenvalue weighted by Crippen LogP contribution is -2.13. The maximum atomic E-state index is 5.81. The minimum Gasteiger partial charge on any atom is -0.486 e.